The summed E-state index contributed by atoms with van der Waals surface area (Å²) in [5, 5.41) is 2.49. The average Bonchev–Trinajstić information content (AvgIpc) is 2.40. The molecule has 0 saturated heterocycles. The van der Waals surface area contributed by atoms with Gasteiger partial charge in [-0.1, -0.05) is 0 Å². The van der Waals surface area contributed by atoms with Crippen LogP contribution in [-0.4, -0.2) is 12.5 Å². The van der Waals surface area contributed by atoms with E-state index < -0.39 is 17.5 Å². The minimum atomic E-state index is -0.639. The van der Waals surface area contributed by atoms with E-state index in [1.807, 2.05) is 0 Å². The number of anilines is 2. The van der Waals surface area contributed by atoms with Gasteiger partial charge in [0.15, 0.2) is 18.2 Å². The Bertz CT molecular complexity index is 615. The standard InChI is InChI=1S/C14H12F2N2O2/c15-9-1-4-11(5-2-9)18-14(19)8-20-13-6-3-10(17)7-12(13)16/h1-7H,8,17H2,(H,18,19). The van der Waals surface area contributed by atoms with Crippen LogP contribution in [0.3, 0.4) is 0 Å². The lowest BCUT2D eigenvalue weighted by Gasteiger charge is -2.08. The quantitative estimate of drug-likeness (QED) is 0.845. The van der Waals surface area contributed by atoms with Crippen molar-refractivity contribution in [2.45, 2.75) is 0 Å². The van der Waals surface area contributed by atoms with E-state index in [0.717, 1.165) is 6.07 Å². The molecule has 2 rings (SSSR count). The Balaban J connectivity index is 1.90. The Morgan fingerprint density at radius 2 is 1.85 bits per heavy atom. The summed E-state index contributed by atoms with van der Waals surface area (Å²) in [6.45, 7) is -0.363. The van der Waals surface area contributed by atoms with E-state index >= 15 is 0 Å². The van der Waals surface area contributed by atoms with Crippen molar-refractivity contribution in [3.63, 3.8) is 0 Å². The van der Waals surface area contributed by atoms with E-state index in [0.29, 0.717) is 5.69 Å². The maximum absolute atomic E-state index is 13.4. The second-order valence-corrected chi connectivity index (χ2v) is 4.03. The molecule has 0 fully saturated rings. The maximum atomic E-state index is 13.4. The van der Waals surface area contributed by atoms with Crippen LogP contribution in [0.15, 0.2) is 42.5 Å². The summed E-state index contributed by atoms with van der Waals surface area (Å²) in [4.78, 5) is 11.6. The fourth-order valence-corrected chi connectivity index (χ4v) is 1.51. The summed E-state index contributed by atoms with van der Waals surface area (Å²) >= 11 is 0. The number of carbonyl (C=O) groups excluding carboxylic acids is 1. The topological polar surface area (TPSA) is 64.3 Å². The molecule has 0 radical (unpaired) electrons. The predicted octanol–water partition coefficient (Wildman–Crippen LogP) is 2.56. The number of hydrogen-bond donors (Lipinski definition) is 2. The van der Waals surface area contributed by atoms with E-state index in [9.17, 15) is 13.6 Å². The number of amides is 1. The summed E-state index contributed by atoms with van der Waals surface area (Å²) < 4.78 is 31.1. The van der Waals surface area contributed by atoms with E-state index in [-0.39, 0.29) is 18.0 Å². The van der Waals surface area contributed by atoms with Gasteiger partial charge in [-0.3, -0.25) is 4.79 Å². The first-order valence-electron chi connectivity index (χ1n) is 5.78. The first kappa shape index (κ1) is 13.8. The molecular formula is C14H12F2N2O2. The van der Waals surface area contributed by atoms with Gasteiger partial charge in [-0.25, -0.2) is 8.78 Å². The lowest BCUT2D eigenvalue weighted by molar-refractivity contribution is -0.118. The van der Waals surface area contributed by atoms with Gasteiger partial charge in [0.25, 0.3) is 5.91 Å². The van der Waals surface area contributed by atoms with E-state index in [2.05, 4.69) is 5.32 Å². The molecule has 3 N–H and O–H groups in total. The lowest BCUT2D eigenvalue weighted by atomic mass is 10.3. The summed E-state index contributed by atoms with van der Waals surface area (Å²) in [6, 6.07) is 9.18. The molecule has 4 nitrogen and oxygen atoms in total. The van der Waals surface area contributed by atoms with Crippen LogP contribution >= 0.6 is 0 Å². The first-order chi connectivity index (χ1) is 9.54. The lowest BCUT2D eigenvalue weighted by Crippen LogP contribution is -2.20. The van der Waals surface area contributed by atoms with Crippen molar-refractivity contribution in [1.29, 1.82) is 0 Å². The average molecular weight is 278 g/mol. The molecule has 6 heteroatoms. The van der Waals surface area contributed by atoms with Gasteiger partial charge < -0.3 is 15.8 Å². The number of nitrogen functional groups attached to an aromatic ring is 1. The Labute approximate surface area is 114 Å². The van der Waals surface area contributed by atoms with E-state index in [1.54, 1.807) is 0 Å². The molecule has 2 aromatic rings. The van der Waals surface area contributed by atoms with Gasteiger partial charge in [0, 0.05) is 17.4 Å². The van der Waals surface area contributed by atoms with Crippen LogP contribution in [0.1, 0.15) is 0 Å². The highest BCUT2D eigenvalue weighted by Crippen LogP contribution is 2.19. The molecule has 1 amide bonds. The SMILES string of the molecule is Nc1ccc(OCC(=O)Nc2ccc(F)cc2)c(F)c1. The van der Waals surface area contributed by atoms with Crippen molar-refractivity contribution in [3.8, 4) is 5.75 Å². The van der Waals surface area contributed by atoms with Crippen LogP contribution < -0.4 is 15.8 Å². The Kier molecular flexibility index (Phi) is 4.14. The molecule has 0 bridgehead atoms. The number of carbonyl (C=O) groups is 1. The number of ether oxygens (including phenoxy) is 1. The van der Waals surface area contributed by atoms with E-state index in [4.69, 9.17) is 10.5 Å². The zero-order chi connectivity index (χ0) is 14.5. The monoisotopic (exact) mass is 278 g/mol. The van der Waals surface area contributed by atoms with Gasteiger partial charge in [0.05, 0.1) is 0 Å². The molecule has 0 heterocycles. The second kappa shape index (κ2) is 6.01. The molecule has 0 aromatic heterocycles. The summed E-state index contributed by atoms with van der Waals surface area (Å²) in [6.07, 6.45) is 0. The molecule has 0 aliphatic rings. The molecule has 0 aliphatic heterocycles. The van der Waals surface area contributed by atoms with Crippen molar-refractivity contribution in [2.24, 2.45) is 0 Å². The largest absolute Gasteiger partial charge is 0.481 e. The Morgan fingerprint density at radius 1 is 1.15 bits per heavy atom. The molecule has 2 aromatic carbocycles. The zero-order valence-electron chi connectivity index (χ0n) is 10.4. The van der Waals surface area contributed by atoms with Gasteiger partial charge in [-0.2, -0.15) is 0 Å². The number of nitrogens with one attached hydrogen (secondary N) is 1. The molecule has 0 aliphatic carbocycles. The van der Waals surface area contributed by atoms with Crippen molar-refractivity contribution in [3.05, 3.63) is 54.1 Å². The Hall–Kier alpha value is -2.63. The van der Waals surface area contributed by atoms with Gasteiger partial charge >= 0.3 is 0 Å². The number of hydrogen-bond acceptors (Lipinski definition) is 3. The number of halogens is 2. The van der Waals surface area contributed by atoms with Crippen LogP contribution in [0.4, 0.5) is 20.2 Å². The van der Waals surface area contributed by atoms with Crippen LogP contribution in [0, 0.1) is 11.6 Å². The minimum Gasteiger partial charge on any atom is -0.481 e. The fraction of sp³-hybridized carbons (Fsp3) is 0.0714. The van der Waals surface area contributed by atoms with Gasteiger partial charge in [0.2, 0.25) is 0 Å². The van der Waals surface area contributed by atoms with Crippen molar-refractivity contribution in [2.75, 3.05) is 17.7 Å². The molecule has 0 saturated carbocycles. The number of nitrogens with two attached hydrogens (primary N) is 1. The van der Waals surface area contributed by atoms with Gasteiger partial charge in [-0.05, 0) is 36.4 Å². The van der Waals surface area contributed by atoms with E-state index in [1.165, 1.54) is 36.4 Å². The second-order valence-electron chi connectivity index (χ2n) is 4.03. The van der Waals surface area contributed by atoms with Crippen LogP contribution in [0.5, 0.6) is 5.75 Å². The molecule has 20 heavy (non-hydrogen) atoms. The Morgan fingerprint density at radius 3 is 2.50 bits per heavy atom. The molecular weight excluding hydrogens is 266 g/mol. The van der Waals surface area contributed by atoms with Crippen molar-refractivity contribution >= 4 is 17.3 Å². The number of rotatable bonds is 4. The van der Waals surface area contributed by atoms with Crippen molar-refractivity contribution < 1.29 is 18.3 Å². The van der Waals surface area contributed by atoms with Gasteiger partial charge in [0.1, 0.15) is 5.82 Å². The number of benzene rings is 2. The highest BCUT2D eigenvalue weighted by molar-refractivity contribution is 5.91. The highest BCUT2D eigenvalue weighted by Gasteiger charge is 2.07. The minimum absolute atomic E-state index is 0.0616. The fourth-order valence-electron chi connectivity index (χ4n) is 1.51. The van der Waals surface area contributed by atoms with Crippen LogP contribution in [-0.2, 0) is 4.79 Å². The summed E-state index contributed by atoms with van der Waals surface area (Å²) in [7, 11) is 0. The third kappa shape index (κ3) is 3.68. The molecule has 0 unspecified atom stereocenters. The predicted molar refractivity (Wildman–Crippen MR) is 71.3 cm³/mol. The molecule has 104 valence electrons. The summed E-state index contributed by atoms with van der Waals surface area (Å²) in [5.41, 5.74) is 6.09. The maximum Gasteiger partial charge on any atom is 0.262 e. The third-order valence-electron chi connectivity index (χ3n) is 2.44. The smallest absolute Gasteiger partial charge is 0.262 e. The highest BCUT2D eigenvalue weighted by atomic mass is 19.1. The molecule has 0 atom stereocenters. The van der Waals surface area contributed by atoms with Crippen LogP contribution in [0.2, 0.25) is 0 Å². The normalized spacial score (nSPS) is 10.1. The van der Waals surface area contributed by atoms with Crippen molar-refractivity contribution in [1.82, 2.24) is 0 Å². The first-order valence-corrected chi connectivity index (χ1v) is 5.78. The molecule has 0 spiro atoms. The van der Waals surface area contributed by atoms with Crippen LogP contribution in [0.25, 0.3) is 0 Å². The summed E-state index contributed by atoms with van der Waals surface area (Å²) in [5.74, 6) is -1.58. The van der Waals surface area contributed by atoms with Gasteiger partial charge in [-0.15, -0.1) is 0 Å². The zero-order valence-corrected chi connectivity index (χ0v) is 10.4. The third-order valence-corrected chi connectivity index (χ3v) is 2.44.